The molecule has 0 aromatic heterocycles. The van der Waals surface area contributed by atoms with Gasteiger partial charge in [-0.3, -0.25) is 0 Å². The molecule has 0 aromatic rings. The van der Waals surface area contributed by atoms with E-state index in [0.717, 1.165) is 0 Å². The van der Waals surface area contributed by atoms with Gasteiger partial charge in [-0.2, -0.15) is 0 Å². The van der Waals surface area contributed by atoms with E-state index in [0.29, 0.717) is 0 Å². The Morgan fingerprint density at radius 1 is 0.529 bits per heavy atom. The van der Waals surface area contributed by atoms with Crippen molar-refractivity contribution in [3.8, 4) is 0 Å². The molecule has 0 spiro atoms. The molecule has 3 fully saturated rings. The topological polar surface area (TPSA) is 9.72 Å². The summed E-state index contributed by atoms with van der Waals surface area (Å²) in [6, 6.07) is 0. The molecule has 3 aliphatic rings. The Kier molecular flexibility index (Phi) is 3.94. The van der Waals surface area contributed by atoms with Gasteiger partial charge in [0.15, 0.2) is 0 Å². The van der Waals surface area contributed by atoms with Crippen LogP contribution in [0.3, 0.4) is 0 Å². The SMILES string of the molecule is Cl[PH](N1CCCC1)(N1CCCC1)N1CCCC1. The Morgan fingerprint density at radius 3 is 1.00 bits per heavy atom. The second kappa shape index (κ2) is 5.30. The first-order chi connectivity index (χ1) is 8.32. The molecule has 0 bridgehead atoms. The van der Waals surface area contributed by atoms with Crippen LogP contribution in [0, 0.1) is 0 Å². The average molecular weight is 278 g/mol. The van der Waals surface area contributed by atoms with Crippen LogP contribution in [0.25, 0.3) is 0 Å². The zero-order valence-electron chi connectivity index (χ0n) is 10.7. The van der Waals surface area contributed by atoms with Gasteiger partial charge < -0.3 is 0 Å². The van der Waals surface area contributed by atoms with Gasteiger partial charge in [-0.1, -0.05) is 0 Å². The third-order valence-corrected chi connectivity index (χ3v) is 10.4. The molecule has 0 N–H and O–H groups in total. The van der Waals surface area contributed by atoms with Crippen LogP contribution in [0.1, 0.15) is 38.5 Å². The average Bonchev–Trinajstić information content (AvgIpc) is 3.10. The van der Waals surface area contributed by atoms with Gasteiger partial charge in [0, 0.05) is 0 Å². The van der Waals surface area contributed by atoms with E-state index in [1.165, 1.54) is 77.8 Å². The quantitative estimate of drug-likeness (QED) is 0.735. The van der Waals surface area contributed by atoms with E-state index in [2.05, 4.69) is 14.0 Å². The molecule has 0 aliphatic carbocycles. The molecule has 3 heterocycles. The molecule has 0 amide bonds. The monoisotopic (exact) mass is 277 g/mol. The van der Waals surface area contributed by atoms with E-state index in [1.807, 2.05) is 0 Å². The van der Waals surface area contributed by atoms with Crippen molar-refractivity contribution in [3.05, 3.63) is 0 Å². The first kappa shape index (κ1) is 12.6. The molecule has 0 unspecified atom stereocenters. The standard InChI is InChI=1S/C12H25ClN3P/c13-17(14-7-1-2-8-14,15-9-3-4-10-15)16-11-5-6-12-16/h17H,1-12H2. The summed E-state index contributed by atoms with van der Waals surface area (Å²) in [6.45, 7) is 7.43. The van der Waals surface area contributed by atoms with E-state index in [-0.39, 0.29) is 0 Å². The third kappa shape index (κ3) is 2.26. The predicted octanol–water partition coefficient (Wildman–Crippen LogP) is 2.92. The fraction of sp³-hybridized carbons (Fsp3) is 1.00. The summed E-state index contributed by atoms with van der Waals surface area (Å²) in [6.07, 6.45) is 8.10. The first-order valence-corrected chi connectivity index (χ1v) is 10.1. The van der Waals surface area contributed by atoms with Gasteiger partial charge in [-0.25, -0.2) is 0 Å². The molecular formula is C12H25ClN3P. The van der Waals surface area contributed by atoms with Crippen LogP contribution in [0.15, 0.2) is 0 Å². The number of rotatable bonds is 3. The first-order valence-electron chi connectivity index (χ1n) is 7.26. The van der Waals surface area contributed by atoms with E-state index >= 15 is 0 Å². The fourth-order valence-electron chi connectivity index (χ4n) is 3.60. The Labute approximate surface area is 110 Å². The van der Waals surface area contributed by atoms with Crippen LogP contribution in [0.5, 0.6) is 0 Å². The van der Waals surface area contributed by atoms with E-state index < -0.39 is 7.07 Å². The fourth-order valence-corrected chi connectivity index (χ4v) is 8.98. The predicted molar refractivity (Wildman–Crippen MR) is 76.6 cm³/mol. The van der Waals surface area contributed by atoms with E-state index in [1.54, 1.807) is 0 Å². The molecule has 3 rings (SSSR count). The van der Waals surface area contributed by atoms with Gasteiger partial charge in [0.25, 0.3) is 0 Å². The molecule has 5 heteroatoms. The second-order valence-corrected chi connectivity index (χ2v) is 10.2. The molecule has 100 valence electrons. The summed E-state index contributed by atoms with van der Waals surface area (Å²) in [5.74, 6) is 0. The number of nitrogens with zero attached hydrogens (tertiary/aromatic N) is 3. The summed E-state index contributed by atoms with van der Waals surface area (Å²) in [5, 5.41) is 0. The maximum absolute atomic E-state index is 7.27. The van der Waals surface area contributed by atoms with Crippen molar-refractivity contribution in [3.63, 3.8) is 0 Å². The third-order valence-electron chi connectivity index (χ3n) is 4.53. The minimum atomic E-state index is -1.98. The van der Waals surface area contributed by atoms with Gasteiger partial charge in [-0.05, 0) is 0 Å². The van der Waals surface area contributed by atoms with Crippen molar-refractivity contribution in [2.45, 2.75) is 38.5 Å². The van der Waals surface area contributed by atoms with Crippen LogP contribution in [-0.4, -0.2) is 53.3 Å². The van der Waals surface area contributed by atoms with Gasteiger partial charge in [-0.15, -0.1) is 0 Å². The molecule has 0 saturated carbocycles. The molecule has 17 heavy (non-hydrogen) atoms. The van der Waals surface area contributed by atoms with Crippen molar-refractivity contribution in [1.82, 2.24) is 14.0 Å². The summed E-state index contributed by atoms with van der Waals surface area (Å²) >= 11 is 7.27. The van der Waals surface area contributed by atoms with Crippen LogP contribution < -0.4 is 0 Å². The van der Waals surface area contributed by atoms with Gasteiger partial charge in [0.1, 0.15) is 0 Å². The molecule has 0 aromatic carbocycles. The molecule has 3 nitrogen and oxygen atoms in total. The van der Waals surface area contributed by atoms with Crippen LogP contribution in [0.2, 0.25) is 0 Å². The zero-order valence-corrected chi connectivity index (χ0v) is 12.5. The van der Waals surface area contributed by atoms with Crippen molar-refractivity contribution < 1.29 is 0 Å². The molecule has 3 aliphatic heterocycles. The van der Waals surface area contributed by atoms with Crippen molar-refractivity contribution in [2.75, 3.05) is 39.3 Å². The van der Waals surface area contributed by atoms with Gasteiger partial charge in [0.05, 0.1) is 0 Å². The number of halogens is 1. The zero-order chi connectivity index (χ0) is 11.7. The molecule has 3 saturated heterocycles. The summed E-state index contributed by atoms with van der Waals surface area (Å²) in [4.78, 5) is 0. The van der Waals surface area contributed by atoms with Gasteiger partial charge in [0.2, 0.25) is 0 Å². The Bertz CT molecular complexity index is 218. The van der Waals surface area contributed by atoms with Gasteiger partial charge >= 0.3 is 110 Å². The molecule has 0 radical (unpaired) electrons. The summed E-state index contributed by atoms with van der Waals surface area (Å²) < 4.78 is 7.97. The van der Waals surface area contributed by atoms with Crippen molar-refractivity contribution in [1.29, 1.82) is 0 Å². The maximum atomic E-state index is 7.27. The summed E-state index contributed by atoms with van der Waals surface area (Å²) in [5.41, 5.74) is 0. The number of hydrogen-bond donors (Lipinski definition) is 0. The molecular weight excluding hydrogens is 253 g/mol. The summed E-state index contributed by atoms with van der Waals surface area (Å²) in [7, 11) is -1.98. The number of hydrogen-bond acceptors (Lipinski definition) is 3. The van der Waals surface area contributed by atoms with E-state index in [9.17, 15) is 0 Å². The second-order valence-electron chi connectivity index (χ2n) is 5.64. The Balaban J connectivity index is 1.81. The Morgan fingerprint density at radius 2 is 0.765 bits per heavy atom. The van der Waals surface area contributed by atoms with Crippen LogP contribution in [-0.2, 0) is 0 Å². The normalized spacial score (nSPS) is 30.4. The minimum absolute atomic E-state index is 1.24. The van der Waals surface area contributed by atoms with Crippen LogP contribution in [0.4, 0.5) is 0 Å². The van der Waals surface area contributed by atoms with Crippen molar-refractivity contribution in [2.24, 2.45) is 0 Å². The molecule has 0 atom stereocenters. The Hall–Kier alpha value is 0.600. The van der Waals surface area contributed by atoms with Crippen LogP contribution >= 0.6 is 18.3 Å². The van der Waals surface area contributed by atoms with E-state index in [4.69, 9.17) is 11.2 Å². The van der Waals surface area contributed by atoms with Crippen molar-refractivity contribution >= 4 is 18.3 Å².